The molecule has 1 amide bonds. The molecule has 2 heterocycles. The number of hydrogen-bond donors (Lipinski definition) is 1. The van der Waals surface area contributed by atoms with Crippen LogP contribution in [-0.4, -0.2) is 47.7 Å². The second-order valence-electron chi connectivity index (χ2n) is 4.26. The standard InChI is InChI=1S/C12H15NO5/c1-8-2-4-18-11(8)12(16)13-3-5-17-7-9(13)6-10(14)15/h2,4,9H,3,5-7H2,1H3,(H,14,15). The minimum atomic E-state index is -0.945. The fourth-order valence-electron chi connectivity index (χ4n) is 2.02. The van der Waals surface area contributed by atoms with Crippen molar-refractivity contribution in [3.8, 4) is 0 Å². The fourth-order valence-corrected chi connectivity index (χ4v) is 2.02. The van der Waals surface area contributed by atoms with Gasteiger partial charge >= 0.3 is 5.97 Å². The third-order valence-corrected chi connectivity index (χ3v) is 2.95. The van der Waals surface area contributed by atoms with Gasteiger partial charge in [0.05, 0.1) is 31.9 Å². The van der Waals surface area contributed by atoms with Crippen LogP contribution in [0.3, 0.4) is 0 Å². The molecule has 0 aromatic carbocycles. The van der Waals surface area contributed by atoms with Crippen molar-refractivity contribution in [2.75, 3.05) is 19.8 Å². The Bertz CT molecular complexity index is 453. The Labute approximate surface area is 104 Å². The van der Waals surface area contributed by atoms with Crippen molar-refractivity contribution < 1.29 is 23.8 Å². The highest BCUT2D eigenvalue weighted by molar-refractivity contribution is 5.93. The molecule has 6 nitrogen and oxygen atoms in total. The summed E-state index contributed by atoms with van der Waals surface area (Å²) in [6.07, 6.45) is 1.33. The molecule has 0 bridgehead atoms. The van der Waals surface area contributed by atoms with Crippen LogP contribution in [0.4, 0.5) is 0 Å². The van der Waals surface area contributed by atoms with Crippen LogP contribution in [0.25, 0.3) is 0 Å². The number of amides is 1. The first-order valence-electron chi connectivity index (χ1n) is 5.74. The minimum absolute atomic E-state index is 0.120. The number of carbonyl (C=O) groups is 2. The molecule has 0 spiro atoms. The van der Waals surface area contributed by atoms with Gasteiger partial charge in [-0.15, -0.1) is 0 Å². The Hall–Kier alpha value is -1.82. The van der Waals surface area contributed by atoms with Gasteiger partial charge in [0.25, 0.3) is 5.91 Å². The number of hydrogen-bond acceptors (Lipinski definition) is 4. The summed E-state index contributed by atoms with van der Waals surface area (Å²) in [7, 11) is 0. The maximum absolute atomic E-state index is 12.3. The van der Waals surface area contributed by atoms with E-state index in [1.807, 2.05) is 0 Å². The zero-order valence-corrected chi connectivity index (χ0v) is 10.1. The van der Waals surface area contributed by atoms with Crippen LogP contribution in [0.5, 0.6) is 0 Å². The Morgan fingerprint density at radius 1 is 1.56 bits per heavy atom. The summed E-state index contributed by atoms with van der Waals surface area (Å²) in [5.74, 6) is -0.946. The van der Waals surface area contributed by atoms with E-state index in [2.05, 4.69) is 0 Å². The van der Waals surface area contributed by atoms with E-state index in [4.69, 9.17) is 14.3 Å². The predicted octanol–water partition coefficient (Wildman–Crippen LogP) is 0.904. The van der Waals surface area contributed by atoms with Gasteiger partial charge in [0, 0.05) is 12.1 Å². The van der Waals surface area contributed by atoms with Crippen molar-refractivity contribution in [1.82, 2.24) is 4.90 Å². The number of aryl methyl sites for hydroxylation is 1. The Morgan fingerprint density at radius 3 is 2.94 bits per heavy atom. The number of ether oxygens (including phenoxy) is 1. The molecule has 1 N–H and O–H groups in total. The second kappa shape index (κ2) is 5.22. The molecule has 6 heteroatoms. The van der Waals surface area contributed by atoms with E-state index in [-0.39, 0.29) is 24.7 Å². The van der Waals surface area contributed by atoms with E-state index in [1.54, 1.807) is 13.0 Å². The van der Waals surface area contributed by atoms with Crippen molar-refractivity contribution in [2.24, 2.45) is 0 Å². The minimum Gasteiger partial charge on any atom is -0.481 e. The maximum atomic E-state index is 12.3. The van der Waals surface area contributed by atoms with Crippen LogP contribution in [0.1, 0.15) is 22.5 Å². The predicted molar refractivity (Wildman–Crippen MR) is 61.3 cm³/mol. The molecule has 1 aliphatic rings. The first-order chi connectivity index (χ1) is 8.59. The van der Waals surface area contributed by atoms with Gasteiger partial charge in [-0.25, -0.2) is 0 Å². The quantitative estimate of drug-likeness (QED) is 0.865. The third kappa shape index (κ3) is 2.53. The lowest BCUT2D eigenvalue weighted by atomic mass is 10.1. The summed E-state index contributed by atoms with van der Waals surface area (Å²) in [4.78, 5) is 24.5. The van der Waals surface area contributed by atoms with Gasteiger partial charge in [0.2, 0.25) is 0 Å². The molecule has 0 aliphatic carbocycles. The number of carboxylic acids is 1. The number of rotatable bonds is 3. The molecule has 0 radical (unpaired) electrons. The molecule has 0 saturated carbocycles. The largest absolute Gasteiger partial charge is 0.481 e. The van der Waals surface area contributed by atoms with E-state index < -0.39 is 12.0 Å². The SMILES string of the molecule is Cc1ccoc1C(=O)N1CCOCC1CC(=O)O. The van der Waals surface area contributed by atoms with Crippen molar-refractivity contribution in [2.45, 2.75) is 19.4 Å². The molecule has 1 aromatic heterocycles. The van der Waals surface area contributed by atoms with Crippen LogP contribution >= 0.6 is 0 Å². The number of aliphatic carboxylic acids is 1. The number of furan rings is 1. The summed E-state index contributed by atoms with van der Waals surface area (Å²) in [5.41, 5.74) is 0.751. The molecule has 1 aliphatic heterocycles. The summed E-state index contributed by atoms with van der Waals surface area (Å²) in [6, 6.07) is 1.27. The van der Waals surface area contributed by atoms with E-state index in [9.17, 15) is 9.59 Å². The Balaban J connectivity index is 2.16. The summed E-state index contributed by atoms with van der Waals surface area (Å²) in [5, 5.41) is 8.83. The highest BCUT2D eigenvalue weighted by Gasteiger charge is 2.31. The monoisotopic (exact) mass is 253 g/mol. The molecule has 1 fully saturated rings. The van der Waals surface area contributed by atoms with E-state index in [1.165, 1.54) is 11.2 Å². The highest BCUT2D eigenvalue weighted by Crippen LogP contribution is 2.18. The van der Waals surface area contributed by atoms with Crippen LogP contribution in [-0.2, 0) is 9.53 Å². The normalized spacial score (nSPS) is 19.8. The van der Waals surface area contributed by atoms with Gasteiger partial charge in [-0.2, -0.15) is 0 Å². The number of morpholine rings is 1. The topological polar surface area (TPSA) is 80.0 Å². The summed E-state index contributed by atoms with van der Waals surface area (Å²) >= 11 is 0. The van der Waals surface area contributed by atoms with Gasteiger partial charge < -0.3 is 19.2 Å². The molecule has 1 atom stereocenters. The molecular weight excluding hydrogens is 238 g/mol. The van der Waals surface area contributed by atoms with Gasteiger partial charge in [-0.1, -0.05) is 0 Å². The molecule has 1 unspecified atom stereocenters. The Morgan fingerprint density at radius 2 is 2.33 bits per heavy atom. The molecule has 18 heavy (non-hydrogen) atoms. The van der Waals surface area contributed by atoms with Crippen molar-refractivity contribution in [3.63, 3.8) is 0 Å². The van der Waals surface area contributed by atoms with Gasteiger partial charge in [-0.3, -0.25) is 9.59 Å². The highest BCUT2D eigenvalue weighted by atomic mass is 16.5. The lowest BCUT2D eigenvalue weighted by molar-refractivity contribution is -0.139. The molecule has 2 rings (SSSR count). The first kappa shape index (κ1) is 12.6. The van der Waals surface area contributed by atoms with Crippen LogP contribution < -0.4 is 0 Å². The van der Waals surface area contributed by atoms with Crippen molar-refractivity contribution in [1.29, 1.82) is 0 Å². The maximum Gasteiger partial charge on any atom is 0.305 e. The average molecular weight is 253 g/mol. The number of nitrogens with zero attached hydrogens (tertiary/aromatic N) is 1. The fraction of sp³-hybridized carbons (Fsp3) is 0.500. The van der Waals surface area contributed by atoms with Crippen LogP contribution in [0, 0.1) is 6.92 Å². The van der Waals surface area contributed by atoms with Gasteiger partial charge in [0.15, 0.2) is 5.76 Å². The lowest BCUT2D eigenvalue weighted by Gasteiger charge is -2.34. The average Bonchev–Trinajstić information content (AvgIpc) is 2.74. The van der Waals surface area contributed by atoms with Crippen molar-refractivity contribution >= 4 is 11.9 Å². The zero-order chi connectivity index (χ0) is 13.1. The lowest BCUT2D eigenvalue weighted by Crippen LogP contribution is -2.49. The van der Waals surface area contributed by atoms with E-state index >= 15 is 0 Å². The van der Waals surface area contributed by atoms with Gasteiger partial charge in [0.1, 0.15) is 0 Å². The second-order valence-corrected chi connectivity index (χ2v) is 4.26. The van der Waals surface area contributed by atoms with E-state index in [0.717, 1.165) is 5.56 Å². The van der Waals surface area contributed by atoms with Crippen LogP contribution in [0.2, 0.25) is 0 Å². The smallest absolute Gasteiger partial charge is 0.305 e. The van der Waals surface area contributed by atoms with Crippen molar-refractivity contribution in [3.05, 3.63) is 23.7 Å². The first-order valence-corrected chi connectivity index (χ1v) is 5.74. The molecule has 1 saturated heterocycles. The van der Waals surface area contributed by atoms with Crippen LogP contribution in [0.15, 0.2) is 16.7 Å². The van der Waals surface area contributed by atoms with Gasteiger partial charge in [-0.05, 0) is 13.0 Å². The summed E-state index contributed by atoms with van der Waals surface area (Å²) < 4.78 is 10.4. The number of carbonyl (C=O) groups excluding carboxylic acids is 1. The van der Waals surface area contributed by atoms with E-state index in [0.29, 0.717) is 13.2 Å². The number of carboxylic acid groups (broad SMARTS) is 1. The zero-order valence-electron chi connectivity index (χ0n) is 10.1. The molecular formula is C12H15NO5. The molecule has 1 aromatic rings. The summed E-state index contributed by atoms with van der Waals surface area (Å²) in [6.45, 7) is 2.83. The third-order valence-electron chi connectivity index (χ3n) is 2.95. The molecule has 98 valence electrons. The Kier molecular flexibility index (Phi) is 3.66.